The van der Waals surface area contributed by atoms with Gasteiger partial charge in [-0.05, 0) is 0 Å². The molecule has 0 bridgehead atoms. The van der Waals surface area contributed by atoms with E-state index in [1.54, 1.807) is 0 Å². The molecule has 0 aliphatic carbocycles. The van der Waals surface area contributed by atoms with Crippen LogP contribution in [0.1, 0.15) is 19.8 Å². The molecule has 0 aromatic heterocycles. The average molecular weight is 202 g/mol. The molecule has 0 saturated carbocycles. The van der Waals surface area contributed by atoms with Crippen LogP contribution in [-0.4, -0.2) is 28.3 Å². The van der Waals surface area contributed by atoms with Crippen molar-refractivity contribution in [3.8, 4) is 0 Å². The summed E-state index contributed by atoms with van der Waals surface area (Å²) >= 11 is 0. The molecule has 0 amide bonds. The van der Waals surface area contributed by atoms with Crippen LogP contribution in [0.4, 0.5) is 4.79 Å². The Labute approximate surface area is 81.3 Å². The lowest BCUT2D eigenvalue weighted by molar-refractivity contribution is 0.0857. The highest BCUT2D eigenvalue weighted by Crippen LogP contribution is 2.02. The standard InChI is InChI=1S/C9H18O3Si/c1-4-6-7-13(5-2)8-12-9(10)11-3/h5,13H,2,4,6-8H2,1,3H3. The topological polar surface area (TPSA) is 35.5 Å². The van der Waals surface area contributed by atoms with E-state index in [0.717, 1.165) is 6.04 Å². The van der Waals surface area contributed by atoms with E-state index in [9.17, 15) is 4.79 Å². The Hall–Kier alpha value is -0.773. The minimum Gasteiger partial charge on any atom is -0.438 e. The van der Waals surface area contributed by atoms with Crippen LogP contribution >= 0.6 is 0 Å². The Balaban J connectivity index is 3.58. The lowest BCUT2D eigenvalue weighted by Gasteiger charge is -2.09. The molecule has 0 radical (unpaired) electrons. The second-order valence-electron chi connectivity index (χ2n) is 2.90. The summed E-state index contributed by atoms with van der Waals surface area (Å²) in [5.41, 5.74) is 1.96. The molecule has 0 rings (SSSR count). The molecule has 0 heterocycles. The van der Waals surface area contributed by atoms with Gasteiger partial charge < -0.3 is 9.47 Å². The zero-order valence-corrected chi connectivity index (χ0v) is 9.57. The van der Waals surface area contributed by atoms with Gasteiger partial charge in [-0.15, -0.1) is 12.3 Å². The van der Waals surface area contributed by atoms with Crippen molar-refractivity contribution < 1.29 is 14.3 Å². The van der Waals surface area contributed by atoms with Gasteiger partial charge in [0.2, 0.25) is 0 Å². The zero-order valence-electron chi connectivity index (χ0n) is 8.41. The number of carbonyl (C=O) groups excluding carboxylic acids is 1. The van der Waals surface area contributed by atoms with Crippen molar-refractivity contribution in [1.29, 1.82) is 0 Å². The van der Waals surface area contributed by atoms with Gasteiger partial charge in [0.1, 0.15) is 8.80 Å². The summed E-state index contributed by atoms with van der Waals surface area (Å²) in [4.78, 5) is 10.6. The summed E-state index contributed by atoms with van der Waals surface area (Å²) in [5.74, 6) is 0. The minimum absolute atomic E-state index is 0.510. The summed E-state index contributed by atoms with van der Waals surface area (Å²) in [7, 11) is 0.258. The van der Waals surface area contributed by atoms with Crippen molar-refractivity contribution in [1.82, 2.24) is 0 Å². The first-order chi connectivity index (χ1) is 6.24. The molecule has 13 heavy (non-hydrogen) atoms. The van der Waals surface area contributed by atoms with Crippen molar-refractivity contribution in [2.75, 3.05) is 13.3 Å². The van der Waals surface area contributed by atoms with Gasteiger partial charge in [0.05, 0.1) is 13.3 Å². The maximum Gasteiger partial charge on any atom is 0.507 e. The molecule has 1 unspecified atom stereocenters. The number of ether oxygens (including phenoxy) is 2. The molecule has 0 spiro atoms. The molecular weight excluding hydrogens is 184 g/mol. The number of hydrogen-bond donors (Lipinski definition) is 0. The Morgan fingerprint density at radius 3 is 2.77 bits per heavy atom. The number of unbranched alkanes of at least 4 members (excludes halogenated alkanes) is 1. The highest BCUT2D eigenvalue weighted by Gasteiger charge is 2.09. The molecule has 0 aromatic rings. The lowest BCUT2D eigenvalue weighted by atomic mass is 10.4. The third kappa shape index (κ3) is 6.39. The van der Waals surface area contributed by atoms with E-state index < -0.39 is 15.0 Å². The largest absolute Gasteiger partial charge is 0.507 e. The van der Waals surface area contributed by atoms with E-state index >= 15 is 0 Å². The van der Waals surface area contributed by atoms with Gasteiger partial charge in [0, 0.05) is 0 Å². The van der Waals surface area contributed by atoms with E-state index in [1.165, 1.54) is 20.0 Å². The molecule has 3 nitrogen and oxygen atoms in total. The summed E-state index contributed by atoms with van der Waals surface area (Å²) in [5, 5.41) is 0. The monoisotopic (exact) mass is 202 g/mol. The molecule has 0 aliphatic heterocycles. The molecule has 0 N–H and O–H groups in total. The fraction of sp³-hybridized carbons (Fsp3) is 0.667. The molecule has 0 fully saturated rings. The zero-order chi connectivity index (χ0) is 10.1. The minimum atomic E-state index is -1.06. The summed E-state index contributed by atoms with van der Waals surface area (Å²) in [6.45, 7) is 5.90. The van der Waals surface area contributed by atoms with E-state index in [-0.39, 0.29) is 0 Å². The molecular formula is C9H18O3Si. The summed E-state index contributed by atoms with van der Waals surface area (Å²) < 4.78 is 9.25. The highest BCUT2D eigenvalue weighted by molar-refractivity contribution is 6.64. The Bertz CT molecular complexity index is 159. The van der Waals surface area contributed by atoms with Crippen molar-refractivity contribution in [2.24, 2.45) is 0 Å². The van der Waals surface area contributed by atoms with Crippen LogP contribution in [0.2, 0.25) is 6.04 Å². The molecule has 0 aromatic carbocycles. The van der Waals surface area contributed by atoms with E-state index in [2.05, 4.69) is 18.2 Å². The Morgan fingerprint density at radius 1 is 1.62 bits per heavy atom. The Morgan fingerprint density at radius 2 is 2.31 bits per heavy atom. The van der Waals surface area contributed by atoms with Crippen molar-refractivity contribution >= 4 is 15.0 Å². The molecule has 1 atom stereocenters. The first-order valence-corrected chi connectivity index (χ1v) is 6.87. The number of carbonyl (C=O) groups is 1. The number of methoxy groups -OCH3 is 1. The van der Waals surface area contributed by atoms with Crippen LogP contribution in [0.15, 0.2) is 12.3 Å². The Kier molecular flexibility index (Phi) is 7.39. The third-order valence-electron chi connectivity index (χ3n) is 1.84. The molecule has 76 valence electrons. The van der Waals surface area contributed by atoms with E-state index in [1.807, 2.05) is 5.70 Å². The quantitative estimate of drug-likeness (QED) is 0.488. The van der Waals surface area contributed by atoms with Gasteiger partial charge >= 0.3 is 6.16 Å². The number of hydrogen-bond acceptors (Lipinski definition) is 3. The smallest absolute Gasteiger partial charge is 0.438 e. The van der Waals surface area contributed by atoms with Crippen LogP contribution in [0.25, 0.3) is 0 Å². The number of rotatable bonds is 6. The maximum absolute atomic E-state index is 10.6. The SMILES string of the molecule is C=C[SiH](CCCC)COC(=O)OC. The van der Waals surface area contributed by atoms with Gasteiger partial charge in [0.25, 0.3) is 0 Å². The van der Waals surface area contributed by atoms with Gasteiger partial charge in [-0.2, -0.15) is 0 Å². The first kappa shape index (κ1) is 12.2. The van der Waals surface area contributed by atoms with Gasteiger partial charge in [0.15, 0.2) is 0 Å². The first-order valence-electron chi connectivity index (χ1n) is 4.57. The third-order valence-corrected chi connectivity index (χ3v) is 4.26. The van der Waals surface area contributed by atoms with Crippen LogP contribution in [-0.2, 0) is 9.47 Å². The summed E-state index contributed by atoms with van der Waals surface area (Å²) in [6, 6.07) is 1.15. The molecule has 4 heteroatoms. The van der Waals surface area contributed by atoms with Crippen molar-refractivity contribution in [3.63, 3.8) is 0 Å². The fourth-order valence-electron chi connectivity index (χ4n) is 0.970. The second-order valence-corrected chi connectivity index (χ2v) is 5.81. The van der Waals surface area contributed by atoms with Gasteiger partial charge in [-0.1, -0.05) is 25.8 Å². The predicted molar refractivity (Wildman–Crippen MR) is 55.4 cm³/mol. The predicted octanol–water partition coefficient (Wildman–Crippen LogP) is 2.06. The van der Waals surface area contributed by atoms with Crippen LogP contribution in [0.5, 0.6) is 0 Å². The fourth-order valence-corrected chi connectivity index (χ4v) is 2.79. The normalized spacial score (nSPS) is 11.8. The van der Waals surface area contributed by atoms with Gasteiger partial charge in [-0.25, -0.2) is 4.79 Å². The summed E-state index contributed by atoms with van der Waals surface area (Å²) in [6.07, 6.45) is 2.29. The molecule has 0 saturated heterocycles. The van der Waals surface area contributed by atoms with Crippen LogP contribution in [0, 0.1) is 0 Å². The van der Waals surface area contributed by atoms with Crippen molar-refractivity contribution in [2.45, 2.75) is 25.8 Å². The van der Waals surface area contributed by atoms with Gasteiger partial charge in [-0.3, -0.25) is 0 Å². The lowest BCUT2D eigenvalue weighted by Crippen LogP contribution is -2.21. The van der Waals surface area contributed by atoms with E-state index in [0.29, 0.717) is 6.23 Å². The second kappa shape index (κ2) is 7.85. The van der Waals surface area contributed by atoms with Crippen molar-refractivity contribution in [3.05, 3.63) is 12.3 Å². The average Bonchev–Trinajstić information content (AvgIpc) is 2.17. The highest BCUT2D eigenvalue weighted by atomic mass is 28.3. The van der Waals surface area contributed by atoms with Crippen LogP contribution in [0.3, 0.4) is 0 Å². The molecule has 0 aliphatic rings. The maximum atomic E-state index is 10.6. The van der Waals surface area contributed by atoms with Crippen LogP contribution < -0.4 is 0 Å². The van der Waals surface area contributed by atoms with E-state index in [4.69, 9.17) is 4.74 Å².